The average Bonchev–Trinajstić information content (AvgIpc) is 2.98. The minimum absolute atomic E-state index is 0.0576. The van der Waals surface area contributed by atoms with E-state index in [9.17, 15) is 18.0 Å². The van der Waals surface area contributed by atoms with Gasteiger partial charge in [0.25, 0.3) is 5.91 Å². The number of fused-ring (bicyclic) bond motifs is 1. The zero-order valence-corrected chi connectivity index (χ0v) is 15.7. The SMILES string of the molecule is C[C@@H](C(=O)NS(=O)(=O)CCN)c1ccc(N2Cc3ccccc3C2=O)cc1. The maximum Gasteiger partial charge on any atom is 0.258 e. The van der Waals surface area contributed by atoms with Crippen molar-refractivity contribution < 1.29 is 18.0 Å². The summed E-state index contributed by atoms with van der Waals surface area (Å²) < 4.78 is 25.4. The molecule has 2 aromatic carbocycles. The van der Waals surface area contributed by atoms with E-state index >= 15 is 0 Å². The quantitative estimate of drug-likeness (QED) is 0.778. The Labute approximate surface area is 158 Å². The molecule has 0 unspecified atom stereocenters. The van der Waals surface area contributed by atoms with Gasteiger partial charge in [0.2, 0.25) is 15.9 Å². The highest BCUT2D eigenvalue weighted by atomic mass is 32.2. The van der Waals surface area contributed by atoms with Gasteiger partial charge >= 0.3 is 0 Å². The molecule has 0 aliphatic carbocycles. The van der Waals surface area contributed by atoms with Gasteiger partial charge in [0, 0.05) is 17.8 Å². The second-order valence-electron chi connectivity index (χ2n) is 6.44. The van der Waals surface area contributed by atoms with Gasteiger partial charge in [-0.15, -0.1) is 0 Å². The molecule has 1 aliphatic heterocycles. The Bertz CT molecular complexity index is 971. The maximum atomic E-state index is 12.5. The van der Waals surface area contributed by atoms with Crippen molar-refractivity contribution in [1.82, 2.24) is 4.72 Å². The minimum Gasteiger partial charge on any atom is -0.329 e. The van der Waals surface area contributed by atoms with Crippen LogP contribution in [-0.4, -0.2) is 32.5 Å². The van der Waals surface area contributed by atoms with Crippen LogP contribution >= 0.6 is 0 Å². The van der Waals surface area contributed by atoms with E-state index in [1.807, 2.05) is 22.9 Å². The summed E-state index contributed by atoms with van der Waals surface area (Å²) in [6, 6.07) is 14.4. The van der Waals surface area contributed by atoms with Crippen molar-refractivity contribution in [1.29, 1.82) is 0 Å². The Hall–Kier alpha value is -2.71. The van der Waals surface area contributed by atoms with E-state index in [2.05, 4.69) is 0 Å². The van der Waals surface area contributed by atoms with Gasteiger partial charge in [0.1, 0.15) is 0 Å². The smallest absolute Gasteiger partial charge is 0.258 e. The van der Waals surface area contributed by atoms with Gasteiger partial charge < -0.3 is 10.6 Å². The van der Waals surface area contributed by atoms with E-state index in [0.717, 1.165) is 11.3 Å². The van der Waals surface area contributed by atoms with E-state index in [1.54, 1.807) is 42.2 Å². The van der Waals surface area contributed by atoms with Crippen molar-refractivity contribution in [2.75, 3.05) is 17.2 Å². The van der Waals surface area contributed by atoms with Gasteiger partial charge in [0.05, 0.1) is 18.2 Å². The Kier molecular flexibility index (Phi) is 5.29. The van der Waals surface area contributed by atoms with E-state index in [1.165, 1.54) is 0 Å². The van der Waals surface area contributed by atoms with Crippen LogP contribution in [0.4, 0.5) is 5.69 Å². The van der Waals surface area contributed by atoms with Crippen molar-refractivity contribution in [3.63, 3.8) is 0 Å². The summed E-state index contributed by atoms with van der Waals surface area (Å²) >= 11 is 0. The lowest BCUT2D eigenvalue weighted by atomic mass is 10.0. The van der Waals surface area contributed by atoms with Crippen molar-refractivity contribution in [3.05, 3.63) is 65.2 Å². The lowest BCUT2D eigenvalue weighted by Gasteiger charge is -2.18. The van der Waals surface area contributed by atoms with Gasteiger partial charge in [0.15, 0.2) is 0 Å². The van der Waals surface area contributed by atoms with Crippen LogP contribution in [0.5, 0.6) is 0 Å². The Morgan fingerprint density at radius 2 is 1.85 bits per heavy atom. The van der Waals surface area contributed by atoms with Gasteiger partial charge in [-0.25, -0.2) is 8.42 Å². The van der Waals surface area contributed by atoms with Crippen LogP contribution in [0.1, 0.15) is 34.3 Å². The molecule has 0 fully saturated rings. The summed E-state index contributed by atoms with van der Waals surface area (Å²) in [6.07, 6.45) is 0. The predicted molar refractivity (Wildman–Crippen MR) is 103 cm³/mol. The van der Waals surface area contributed by atoms with E-state index < -0.39 is 21.8 Å². The number of anilines is 1. The molecule has 0 radical (unpaired) electrons. The van der Waals surface area contributed by atoms with Crippen LogP contribution in [0, 0.1) is 0 Å². The van der Waals surface area contributed by atoms with Gasteiger partial charge in [-0.3, -0.25) is 14.3 Å². The molecule has 7 nitrogen and oxygen atoms in total. The summed E-state index contributed by atoms with van der Waals surface area (Å²) in [7, 11) is -3.72. The molecule has 1 heterocycles. The fourth-order valence-corrected chi connectivity index (χ4v) is 3.90. The second-order valence-corrected chi connectivity index (χ2v) is 8.28. The molecule has 8 heteroatoms. The van der Waals surface area contributed by atoms with Gasteiger partial charge in [-0.05, 0) is 36.2 Å². The number of nitrogens with zero attached hydrogens (tertiary/aromatic N) is 1. The van der Waals surface area contributed by atoms with E-state index in [0.29, 0.717) is 17.7 Å². The lowest BCUT2D eigenvalue weighted by Crippen LogP contribution is -2.37. The normalized spacial score (nSPS) is 14.7. The summed E-state index contributed by atoms with van der Waals surface area (Å²) in [5, 5.41) is 0. The Balaban J connectivity index is 1.73. The highest BCUT2D eigenvalue weighted by Crippen LogP contribution is 2.29. The lowest BCUT2D eigenvalue weighted by molar-refractivity contribution is -0.120. The van der Waals surface area contributed by atoms with Crippen LogP contribution in [0.2, 0.25) is 0 Å². The Morgan fingerprint density at radius 1 is 1.19 bits per heavy atom. The number of nitrogens with two attached hydrogens (primary N) is 1. The molecule has 2 aromatic rings. The number of nitrogens with one attached hydrogen (secondary N) is 1. The number of benzene rings is 2. The number of carbonyl (C=O) groups is 2. The van der Waals surface area contributed by atoms with E-state index in [4.69, 9.17) is 5.73 Å². The molecule has 27 heavy (non-hydrogen) atoms. The number of amides is 2. The largest absolute Gasteiger partial charge is 0.329 e. The molecule has 1 aliphatic rings. The van der Waals surface area contributed by atoms with Crippen molar-refractivity contribution in [3.8, 4) is 0 Å². The molecule has 3 N–H and O–H groups in total. The molecule has 0 saturated carbocycles. The summed E-state index contributed by atoms with van der Waals surface area (Å²) in [4.78, 5) is 26.4. The third kappa shape index (κ3) is 4.01. The van der Waals surface area contributed by atoms with E-state index in [-0.39, 0.29) is 18.2 Å². The molecule has 1 atom stereocenters. The Morgan fingerprint density at radius 3 is 2.48 bits per heavy atom. The number of carbonyl (C=O) groups excluding carboxylic acids is 2. The molecule has 0 saturated heterocycles. The number of hydrogen-bond donors (Lipinski definition) is 2. The molecular formula is C19H21N3O4S. The predicted octanol–water partition coefficient (Wildman–Crippen LogP) is 1.36. The first-order chi connectivity index (χ1) is 12.8. The fourth-order valence-electron chi connectivity index (χ4n) is 3.01. The van der Waals surface area contributed by atoms with Crippen LogP contribution in [-0.2, 0) is 21.4 Å². The zero-order chi connectivity index (χ0) is 19.6. The molecule has 142 valence electrons. The van der Waals surface area contributed by atoms with Crippen LogP contribution in [0.3, 0.4) is 0 Å². The van der Waals surface area contributed by atoms with Crippen molar-refractivity contribution in [2.24, 2.45) is 5.73 Å². The number of sulfonamides is 1. The second kappa shape index (κ2) is 7.50. The standard InChI is InChI=1S/C19H21N3O4S/c1-13(18(23)21-27(25,26)11-10-20)14-6-8-16(9-7-14)22-12-15-4-2-3-5-17(15)19(22)24/h2-9,13H,10-12,20H2,1H3,(H,21,23)/t13-/m1/s1. The first-order valence-electron chi connectivity index (χ1n) is 8.56. The van der Waals surface area contributed by atoms with Crippen molar-refractivity contribution in [2.45, 2.75) is 19.4 Å². The topological polar surface area (TPSA) is 110 Å². The summed E-state index contributed by atoms with van der Waals surface area (Å²) in [5.74, 6) is -1.63. The average molecular weight is 387 g/mol. The third-order valence-electron chi connectivity index (χ3n) is 4.56. The molecular weight excluding hydrogens is 366 g/mol. The van der Waals surface area contributed by atoms with Crippen LogP contribution < -0.4 is 15.4 Å². The minimum atomic E-state index is -3.72. The monoisotopic (exact) mass is 387 g/mol. The molecule has 2 amide bonds. The fraction of sp³-hybridized carbons (Fsp3) is 0.263. The number of rotatable bonds is 6. The molecule has 0 aromatic heterocycles. The third-order valence-corrected chi connectivity index (χ3v) is 5.85. The zero-order valence-electron chi connectivity index (χ0n) is 14.9. The molecule has 0 bridgehead atoms. The van der Waals surface area contributed by atoms with Crippen LogP contribution in [0.25, 0.3) is 0 Å². The highest BCUT2D eigenvalue weighted by molar-refractivity contribution is 7.90. The molecule has 0 spiro atoms. The van der Waals surface area contributed by atoms with Crippen molar-refractivity contribution >= 4 is 27.5 Å². The number of hydrogen-bond acceptors (Lipinski definition) is 5. The first kappa shape index (κ1) is 19.1. The van der Waals surface area contributed by atoms with Gasteiger partial charge in [-0.2, -0.15) is 0 Å². The first-order valence-corrected chi connectivity index (χ1v) is 10.2. The van der Waals surface area contributed by atoms with Crippen LogP contribution in [0.15, 0.2) is 48.5 Å². The summed E-state index contributed by atoms with van der Waals surface area (Å²) in [6.45, 7) is 2.07. The maximum absolute atomic E-state index is 12.5. The summed E-state index contributed by atoms with van der Waals surface area (Å²) in [5.41, 5.74) is 8.29. The molecule has 3 rings (SSSR count). The highest BCUT2D eigenvalue weighted by Gasteiger charge is 2.28. The van der Waals surface area contributed by atoms with Gasteiger partial charge in [-0.1, -0.05) is 30.3 Å².